The van der Waals surface area contributed by atoms with Crippen molar-refractivity contribution in [3.8, 4) is 5.75 Å². The van der Waals surface area contributed by atoms with Crippen molar-refractivity contribution in [3.63, 3.8) is 0 Å². The number of hydrogen-bond acceptors (Lipinski definition) is 3. The van der Waals surface area contributed by atoms with Gasteiger partial charge in [-0.25, -0.2) is 0 Å². The number of hydrogen-bond donors (Lipinski definition) is 1. The van der Waals surface area contributed by atoms with Crippen LogP contribution in [0.4, 0.5) is 5.69 Å². The van der Waals surface area contributed by atoms with E-state index in [1.165, 1.54) is 4.90 Å². The molecule has 0 aromatic heterocycles. The number of ether oxygens (including phenoxy) is 1. The van der Waals surface area contributed by atoms with Gasteiger partial charge in [-0.3, -0.25) is 4.79 Å². The number of thioether (sulfide) groups is 1. The number of amides is 1. The molecule has 0 aliphatic rings. The lowest BCUT2D eigenvalue weighted by Crippen LogP contribution is -2.13. The summed E-state index contributed by atoms with van der Waals surface area (Å²) in [6.07, 6.45) is 0. The largest absolute Gasteiger partial charge is 0.493 e. The van der Waals surface area contributed by atoms with Crippen LogP contribution in [0.15, 0.2) is 77.7 Å². The van der Waals surface area contributed by atoms with E-state index in [0.29, 0.717) is 12.2 Å². The van der Waals surface area contributed by atoms with E-state index in [4.69, 9.17) is 4.74 Å². The highest BCUT2D eigenvalue weighted by atomic mass is 32.2. The highest BCUT2D eigenvalue weighted by Crippen LogP contribution is 2.21. The first-order chi connectivity index (χ1) is 13.1. The molecule has 27 heavy (non-hydrogen) atoms. The molecule has 0 aliphatic carbocycles. The Balaban J connectivity index is 1.51. The predicted octanol–water partition coefficient (Wildman–Crippen LogP) is 5.73. The molecule has 0 bridgehead atoms. The minimum absolute atomic E-state index is 0.112. The Hall–Kier alpha value is -2.72. The number of carbonyl (C=O) groups excluding carboxylic acids is 1. The number of para-hydroxylation sites is 1. The molecule has 4 heteroatoms. The summed E-state index contributed by atoms with van der Waals surface area (Å²) in [5, 5.41) is 3.00. The maximum atomic E-state index is 12.5. The van der Waals surface area contributed by atoms with Crippen LogP contribution in [-0.4, -0.2) is 18.3 Å². The van der Waals surface area contributed by atoms with Crippen molar-refractivity contribution in [3.05, 3.63) is 89.5 Å². The minimum atomic E-state index is -0.112. The average Bonchev–Trinajstić information content (AvgIpc) is 2.69. The van der Waals surface area contributed by atoms with Gasteiger partial charge in [0.2, 0.25) is 0 Å². The zero-order valence-electron chi connectivity index (χ0n) is 15.6. The van der Waals surface area contributed by atoms with Gasteiger partial charge in [0.1, 0.15) is 5.75 Å². The second kappa shape index (κ2) is 9.28. The number of anilines is 1. The molecular weight excluding hydrogens is 354 g/mol. The standard InChI is InChI=1S/C23H23NO2S/c1-17-7-6-8-18(2)22(17)24-23(25)19-11-13-20(14-12-19)26-15-16-27-21-9-4-3-5-10-21/h3-14H,15-16H2,1-2H3,(H,24,25). The summed E-state index contributed by atoms with van der Waals surface area (Å²) in [7, 11) is 0. The summed E-state index contributed by atoms with van der Waals surface area (Å²) in [4.78, 5) is 13.7. The topological polar surface area (TPSA) is 38.3 Å². The first kappa shape index (κ1) is 19.1. The van der Waals surface area contributed by atoms with E-state index in [-0.39, 0.29) is 5.91 Å². The van der Waals surface area contributed by atoms with Crippen LogP contribution >= 0.6 is 11.8 Å². The van der Waals surface area contributed by atoms with Crippen LogP contribution in [-0.2, 0) is 0 Å². The van der Waals surface area contributed by atoms with Gasteiger partial charge in [-0.2, -0.15) is 0 Å². The molecule has 0 spiro atoms. The first-order valence-corrected chi connectivity index (χ1v) is 9.90. The van der Waals surface area contributed by atoms with Crippen LogP contribution in [0.3, 0.4) is 0 Å². The Labute approximate surface area is 164 Å². The van der Waals surface area contributed by atoms with Gasteiger partial charge < -0.3 is 10.1 Å². The Morgan fingerprint density at radius 3 is 2.22 bits per heavy atom. The zero-order chi connectivity index (χ0) is 19.1. The number of nitrogens with one attached hydrogen (secondary N) is 1. The molecule has 138 valence electrons. The van der Waals surface area contributed by atoms with E-state index in [9.17, 15) is 4.79 Å². The highest BCUT2D eigenvalue weighted by molar-refractivity contribution is 7.99. The van der Waals surface area contributed by atoms with Crippen molar-refractivity contribution in [1.82, 2.24) is 0 Å². The number of carbonyl (C=O) groups is 1. The Bertz CT molecular complexity index is 872. The Kier molecular flexibility index (Phi) is 6.55. The third kappa shape index (κ3) is 5.38. The lowest BCUT2D eigenvalue weighted by Gasteiger charge is -2.12. The lowest BCUT2D eigenvalue weighted by atomic mass is 10.1. The van der Waals surface area contributed by atoms with Gasteiger partial charge in [0.05, 0.1) is 6.61 Å². The molecule has 1 N–H and O–H groups in total. The summed E-state index contributed by atoms with van der Waals surface area (Å²) < 4.78 is 5.77. The number of aryl methyl sites for hydroxylation is 2. The first-order valence-electron chi connectivity index (χ1n) is 8.92. The van der Waals surface area contributed by atoms with E-state index < -0.39 is 0 Å². The number of rotatable bonds is 7. The second-order valence-corrected chi connectivity index (χ2v) is 7.42. The van der Waals surface area contributed by atoms with E-state index >= 15 is 0 Å². The van der Waals surface area contributed by atoms with Gasteiger partial charge in [0.15, 0.2) is 0 Å². The SMILES string of the molecule is Cc1cccc(C)c1NC(=O)c1ccc(OCCSc2ccccc2)cc1. The third-order valence-electron chi connectivity index (χ3n) is 4.20. The maximum absolute atomic E-state index is 12.5. The van der Waals surface area contributed by atoms with Crippen molar-refractivity contribution < 1.29 is 9.53 Å². The molecule has 3 nitrogen and oxygen atoms in total. The summed E-state index contributed by atoms with van der Waals surface area (Å²) in [5.41, 5.74) is 3.60. The third-order valence-corrected chi connectivity index (χ3v) is 5.18. The molecule has 0 fully saturated rings. The molecule has 0 aliphatic heterocycles. The molecule has 0 atom stereocenters. The Morgan fingerprint density at radius 2 is 1.56 bits per heavy atom. The van der Waals surface area contributed by atoms with E-state index in [1.807, 2.05) is 62.4 Å². The van der Waals surface area contributed by atoms with Crippen LogP contribution in [0.25, 0.3) is 0 Å². The maximum Gasteiger partial charge on any atom is 0.255 e. The second-order valence-electron chi connectivity index (χ2n) is 6.26. The summed E-state index contributed by atoms with van der Waals surface area (Å²) >= 11 is 1.76. The van der Waals surface area contributed by atoms with Crippen LogP contribution in [0.5, 0.6) is 5.75 Å². The molecule has 0 saturated heterocycles. The zero-order valence-corrected chi connectivity index (χ0v) is 16.4. The van der Waals surface area contributed by atoms with Gasteiger partial charge >= 0.3 is 0 Å². The smallest absolute Gasteiger partial charge is 0.255 e. The molecule has 0 unspecified atom stereocenters. The summed E-state index contributed by atoms with van der Waals surface area (Å²) in [6.45, 7) is 4.60. The van der Waals surface area contributed by atoms with Gasteiger partial charge in [-0.15, -0.1) is 11.8 Å². The van der Waals surface area contributed by atoms with Crippen LogP contribution in [0.2, 0.25) is 0 Å². The van der Waals surface area contributed by atoms with Gasteiger partial charge in [0, 0.05) is 21.9 Å². The molecule has 3 aromatic carbocycles. The fourth-order valence-electron chi connectivity index (χ4n) is 2.74. The van der Waals surface area contributed by atoms with Crippen molar-refractivity contribution >= 4 is 23.4 Å². The summed E-state index contributed by atoms with van der Waals surface area (Å²) in [5.74, 6) is 1.53. The van der Waals surface area contributed by atoms with Crippen molar-refractivity contribution in [2.24, 2.45) is 0 Å². The van der Waals surface area contributed by atoms with Gasteiger partial charge in [0.25, 0.3) is 5.91 Å². The average molecular weight is 378 g/mol. The fourth-order valence-corrected chi connectivity index (χ4v) is 3.49. The lowest BCUT2D eigenvalue weighted by molar-refractivity contribution is 0.102. The van der Waals surface area contributed by atoms with Crippen LogP contribution < -0.4 is 10.1 Å². The number of benzene rings is 3. The quantitative estimate of drug-likeness (QED) is 0.422. The fraction of sp³-hybridized carbons (Fsp3) is 0.174. The van der Waals surface area contributed by atoms with E-state index in [0.717, 1.165) is 28.3 Å². The van der Waals surface area contributed by atoms with E-state index in [1.54, 1.807) is 23.9 Å². The van der Waals surface area contributed by atoms with E-state index in [2.05, 4.69) is 17.4 Å². The van der Waals surface area contributed by atoms with Gasteiger partial charge in [-0.05, 0) is 61.4 Å². The molecule has 0 saturated carbocycles. The normalized spacial score (nSPS) is 10.4. The monoisotopic (exact) mass is 377 g/mol. The molecule has 0 radical (unpaired) electrons. The molecule has 0 heterocycles. The molecule has 3 aromatic rings. The highest BCUT2D eigenvalue weighted by Gasteiger charge is 2.09. The molecular formula is C23H23NO2S. The molecule has 3 rings (SSSR count). The molecule has 1 amide bonds. The van der Waals surface area contributed by atoms with Crippen LogP contribution in [0, 0.1) is 13.8 Å². The predicted molar refractivity (Wildman–Crippen MR) is 113 cm³/mol. The Morgan fingerprint density at radius 1 is 0.889 bits per heavy atom. The summed E-state index contributed by atoms with van der Waals surface area (Å²) in [6, 6.07) is 23.5. The van der Waals surface area contributed by atoms with Crippen molar-refractivity contribution in [2.75, 3.05) is 17.7 Å². The minimum Gasteiger partial charge on any atom is -0.493 e. The van der Waals surface area contributed by atoms with Crippen molar-refractivity contribution in [1.29, 1.82) is 0 Å². The van der Waals surface area contributed by atoms with Crippen LogP contribution in [0.1, 0.15) is 21.5 Å². The van der Waals surface area contributed by atoms with Gasteiger partial charge in [-0.1, -0.05) is 36.4 Å². The van der Waals surface area contributed by atoms with Crippen molar-refractivity contribution in [2.45, 2.75) is 18.7 Å².